The van der Waals surface area contributed by atoms with E-state index in [0.29, 0.717) is 12.6 Å². The van der Waals surface area contributed by atoms with E-state index >= 15 is 0 Å². The molecule has 2 saturated heterocycles. The third-order valence-electron chi connectivity index (χ3n) is 5.86. The van der Waals surface area contributed by atoms with Crippen molar-refractivity contribution in [3.8, 4) is 5.75 Å². The van der Waals surface area contributed by atoms with Crippen LogP contribution in [0.1, 0.15) is 18.1 Å². The molecule has 142 valence electrons. The predicted molar refractivity (Wildman–Crippen MR) is 101 cm³/mol. The van der Waals surface area contributed by atoms with Gasteiger partial charge in [0.1, 0.15) is 5.75 Å². The third-order valence-corrected chi connectivity index (χ3v) is 5.86. The Labute approximate surface area is 156 Å². The molecule has 1 amide bonds. The highest BCUT2D eigenvalue weighted by Crippen LogP contribution is 2.26. The lowest BCUT2D eigenvalue weighted by molar-refractivity contribution is -0.135. The molecule has 0 spiro atoms. The van der Waals surface area contributed by atoms with Crippen molar-refractivity contribution in [3.63, 3.8) is 0 Å². The minimum Gasteiger partial charge on any atom is -0.493 e. The van der Waals surface area contributed by atoms with E-state index in [2.05, 4.69) is 40.2 Å². The van der Waals surface area contributed by atoms with Gasteiger partial charge in [0, 0.05) is 64.8 Å². The van der Waals surface area contributed by atoms with Crippen molar-refractivity contribution in [2.45, 2.75) is 25.9 Å². The Bertz CT molecular complexity index is 643. The average molecular weight is 358 g/mol. The Kier molecular flexibility index (Phi) is 5.43. The van der Waals surface area contributed by atoms with Crippen LogP contribution in [0.25, 0.3) is 0 Å². The summed E-state index contributed by atoms with van der Waals surface area (Å²) >= 11 is 0. The summed E-state index contributed by atoms with van der Waals surface area (Å²) in [6, 6.07) is 7.00. The van der Waals surface area contributed by atoms with Crippen LogP contribution in [-0.2, 0) is 17.8 Å². The molecule has 0 unspecified atom stereocenters. The maximum atomic E-state index is 12.6. The summed E-state index contributed by atoms with van der Waals surface area (Å²) in [6.07, 6.45) is 1.02. The topological polar surface area (TPSA) is 48.1 Å². The largest absolute Gasteiger partial charge is 0.493 e. The molecule has 6 nitrogen and oxygen atoms in total. The maximum absolute atomic E-state index is 12.6. The zero-order valence-electron chi connectivity index (χ0n) is 15.7. The Morgan fingerprint density at radius 1 is 1.23 bits per heavy atom. The van der Waals surface area contributed by atoms with Crippen LogP contribution in [0, 0.1) is 0 Å². The van der Waals surface area contributed by atoms with Gasteiger partial charge in [-0.3, -0.25) is 14.6 Å². The number of nitrogens with zero attached hydrogens (tertiary/aromatic N) is 3. The number of ether oxygens (including phenoxy) is 1. The van der Waals surface area contributed by atoms with Gasteiger partial charge in [-0.25, -0.2) is 0 Å². The van der Waals surface area contributed by atoms with Gasteiger partial charge in [0.2, 0.25) is 5.91 Å². The Balaban J connectivity index is 1.25. The van der Waals surface area contributed by atoms with Crippen LogP contribution in [-0.4, -0.2) is 85.6 Å². The van der Waals surface area contributed by atoms with Gasteiger partial charge >= 0.3 is 0 Å². The quantitative estimate of drug-likeness (QED) is 0.852. The molecule has 3 aliphatic rings. The fraction of sp³-hybridized carbons (Fsp3) is 0.650. The number of rotatable bonds is 4. The maximum Gasteiger partial charge on any atom is 0.236 e. The number of piperazine rings is 2. The summed E-state index contributed by atoms with van der Waals surface area (Å²) in [4.78, 5) is 19.4. The zero-order chi connectivity index (χ0) is 17.9. The van der Waals surface area contributed by atoms with Gasteiger partial charge in [-0.05, 0) is 24.1 Å². The number of fused-ring (bicyclic) bond motifs is 1. The Morgan fingerprint density at radius 2 is 2.08 bits per heavy atom. The van der Waals surface area contributed by atoms with Gasteiger partial charge in [-0.1, -0.05) is 12.1 Å². The number of amides is 1. The fourth-order valence-electron chi connectivity index (χ4n) is 4.14. The lowest BCUT2D eigenvalue weighted by Crippen LogP contribution is -2.55. The van der Waals surface area contributed by atoms with Crippen molar-refractivity contribution in [1.29, 1.82) is 0 Å². The first kappa shape index (κ1) is 17.8. The molecule has 0 saturated carbocycles. The predicted octanol–water partition coefficient (Wildman–Crippen LogP) is 0.559. The van der Waals surface area contributed by atoms with E-state index in [0.717, 1.165) is 71.1 Å². The molecule has 3 aliphatic heterocycles. The molecule has 3 heterocycles. The van der Waals surface area contributed by atoms with Crippen LogP contribution in [0.15, 0.2) is 18.2 Å². The molecule has 0 aromatic heterocycles. The van der Waals surface area contributed by atoms with Gasteiger partial charge in [-0.2, -0.15) is 0 Å². The highest BCUT2D eigenvalue weighted by molar-refractivity contribution is 5.78. The molecule has 0 bridgehead atoms. The van der Waals surface area contributed by atoms with Gasteiger partial charge in [0.15, 0.2) is 0 Å². The highest BCUT2D eigenvalue weighted by Gasteiger charge is 2.26. The summed E-state index contributed by atoms with van der Waals surface area (Å²) in [5, 5.41) is 3.38. The van der Waals surface area contributed by atoms with Crippen molar-refractivity contribution in [1.82, 2.24) is 20.0 Å². The second-order valence-electron chi connectivity index (χ2n) is 7.72. The number of nitrogens with one attached hydrogen (secondary N) is 1. The van der Waals surface area contributed by atoms with Gasteiger partial charge in [-0.15, -0.1) is 0 Å². The van der Waals surface area contributed by atoms with E-state index in [1.807, 2.05) is 4.90 Å². The summed E-state index contributed by atoms with van der Waals surface area (Å²) in [5.74, 6) is 1.33. The summed E-state index contributed by atoms with van der Waals surface area (Å²) in [7, 11) is 0. The molecular formula is C20H30N4O2. The summed E-state index contributed by atoms with van der Waals surface area (Å²) < 4.78 is 5.59. The normalized spacial score (nSPS) is 24.3. The zero-order valence-corrected chi connectivity index (χ0v) is 15.7. The number of hydrogen-bond donors (Lipinski definition) is 1. The second-order valence-corrected chi connectivity index (χ2v) is 7.72. The van der Waals surface area contributed by atoms with Crippen molar-refractivity contribution in [3.05, 3.63) is 29.3 Å². The average Bonchev–Trinajstić information content (AvgIpc) is 3.12. The molecule has 4 rings (SSSR count). The van der Waals surface area contributed by atoms with Crippen molar-refractivity contribution in [2.75, 3.05) is 59.0 Å². The Hall–Kier alpha value is -1.63. The first-order chi connectivity index (χ1) is 12.7. The van der Waals surface area contributed by atoms with Crippen LogP contribution in [0.3, 0.4) is 0 Å². The number of hydrogen-bond acceptors (Lipinski definition) is 5. The first-order valence-corrected chi connectivity index (χ1v) is 9.88. The molecule has 1 N–H and O–H groups in total. The fourth-order valence-corrected chi connectivity index (χ4v) is 4.14. The molecule has 26 heavy (non-hydrogen) atoms. The first-order valence-electron chi connectivity index (χ1n) is 9.88. The smallest absolute Gasteiger partial charge is 0.236 e. The molecule has 2 fully saturated rings. The SMILES string of the molecule is C[C@@H]1CNCCN1CC(=O)N1CCN(Cc2ccc3c(c2)CCO3)CC1. The standard InChI is InChI=1S/C20H30N4O2/c1-16-13-21-5-6-24(16)15-20(25)23-9-7-22(8-10-23)14-17-2-3-19-18(12-17)4-11-26-19/h2-3,12,16,21H,4-11,13-15H2,1H3/t16-/m1/s1. The van der Waals surface area contributed by atoms with E-state index in [9.17, 15) is 4.79 Å². The minimum atomic E-state index is 0.285. The number of carbonyl (C=O) groups excluding carboxylic acids is 1. The highest BCUT2D eigenvalue weighted by atomic mass is 16.5. The van der Waals surface area contributed by atoms with Gasteiger partial charge in [0.05, 0.1) is 13.2 Å². The van der Waals surface area contributed by atoms with Crippen molar-refractivity contribution >= 4 is 5.91 Å². The monoisotopic (exact) mass is 358 g/mol. The van der Waals surface area contributed by atoms with Crippen LogP contribution in [0.5, 0.6) is 5.75 Å². The van der Waals surface area contributed by atoms with Crippen molar-refractivity contribution < 1.29 is 9.53 Å². The van der Waals surface area contributed by atoms with E-state index in [1.165, 1.54) is 11.1 Å². The second kappa shape index (κ2) is 7.94. The molecule has 6 heteroatoms. The minimum absolute atomic E-state index is 0.285. The molecule has 0 aliphatic carbocycles. The van der Waals surface area contributed by atoms with Gasteiger partial charge in [0.25, 0.3) is 0 Å². The third kappa shape index (κ3) is 4.03. The van der Waals surface area contributed by atoms with E-state index in [1.54, 1.807) is 0 Å². The lowest BCUT2D eigenvalue weighted by Gasteiger charge is -2.38. The molecule has 1 atom stereocenters. The van der Waals surface area contributed by atoms with Crippen LogP contribution in [0.4, 0.5) is 0 Å². The van der Waals surface area contributed by atoms with E-state index in [-0.39, 0.29) is 5.91 Å². The van der Waals surface area contributed by atoms with Crippen LogP contribution < -0.4 is 10.1 Å². The summed E-state index contributed by atoms with van der Waals surface area (Å²) in [5.41, 5.74) is 2.69. The molecular weight excluding hydrogens is 328 g/mol. The molecule has 1 aromatic carbocycles. The van der Waals surface area contributed by atoms with Crippen LogP contribution in [0.2, 0.25) is 0 Å². The number of benzene rings is 1. The van der Waals surface area contributed by atoms with Crippen molar-refractivity contribution in [2.24, 2.45) is 0 Å². The molecule has 1 aromatic rings. The van der Waals surface area contributed by atoms with Crippen LogP contribution >= 0.6 is 0 Å². The summed E-state index contributed by atoms with van der Waals surface area (Å²) in [6.45, 7) is 11.1. The van der Waals surface area contributed by atoms with Gasteiger partial charge < -0.3 is 15.0 Å². The lowest BCUT2D eigenvalue weighted by atomic mass is 10.1. The van der Waals surface area contributed by atoms with E-state index < -0.39 is 0 Å². The molecule has 0 radical (unpaired) electrons. The van der Waals surface area contributed by atoms with E-state index in [4.69, 9.17) is 4.74 Å². The Morgan fingerprint density at radius 3 is 2.88 bits per heavy atom. The number of carbonyl (C=O) groups is 1.